The van der Waals surface area contributed by atoms with E-state index in [0.29, 0.717) is 12.4 Å². The summed E-state index contributed by atoms with van der Waals surface area (Å²) in [5.74, 6) is 0.654. The van der Waals surface area contributed by atoms with Gasteiger partial charge in [-0.15, -0.1) is 0 Å². The third-order valence-electron chi connectivity index (χ3n) is 3.50. The van der Waals surface area contributed by atoms with E-state index in [0.717, 1.165) is 16.8 Å². The fourth-order valence-electron chi connectivity index (χ4n) is 2.30. The largest absolute Gasteiger partial charge is 0.357 e. The van der Waals surface area contributed by atoms with E-state index in [-0.39, 0.29) is 11.5 Å². The van der Waals surface area contributed by atoms with Crippen LogP contribution in [0, 0.1) is 0 Å². The summed E-state index contributed by atoms with van der Waals surface area (Å²) in [6.45, 7) is 4.60. The highest BCUT2D eigenvalue weighted by atomic mass is 35.5. The Morgan fingerprint density at radius 2 is 2.00 bits per heavy atom. The van der Waals surface area contributed by atoms with Crippen LogP contribution in [0.3, 0.4) is 0 Å². The predicted octanol–water partition coefficient (Wildman–Crippen LogP) is 4.29. The summed E-state index contributed by atoms with van der Waals surface area (Å²) in [5, 5.41) is 7.76. The van der Waals surface area contributed by atoms with E-state index in [1.54, 1.807) is 12.3 Å². The summed E-state index contributed by atoms with van der Waals surface area (Å²) in [6.07, 6.45) is 5.35. The van der Waals surface area contributed by atoms with Crippen LogP contribution >= 0.6 is 11.6 Å². The van der Waals surface area contributed by atoms with Gasteiger partial charge in [0.1, 0.15) is 12.0 Å². The van der Waals surface area contributed by atoms with Crippen molar-refractivity contribution >= 4 is 23.1 Å². The number of halogens is 1. The van der Waals surface area contributed by atoms with Crippen molar-refractivity contribution in [3.8, 4) is 11.1 Å². The van der Waals surface area contributed by atoms with Crippen LogP contribution in [0.4, 0.5) is 11.5 Å². The Labute approximate surface area is 145 Å². The lowest BCUT2D eigenvalue weighted by molar-refractivity contribution is 0.0160. The van der Waals surface area contributed by atoms with E-state index in [9.17, 15) is 0 Å². The molecular formula is C17H18ClN5O. The number of nitrogens with zero attached hydrogens (tertiary/aromatic N) is 4. The number of anilines is 2. The lowest BCUT2D eigenvalue weighted by atomic mass is 10.1. The molecule has 6 nitrogen and oxygen atoms in total. The molecule has 0 saturated carbocycles. The van der Waals surface area contributed by atoms with Gasteiger partial charge in [0.05, 0.1) is 6.20 Å². The second-order valence-corrected chi connectivity index (χ2v) is 5.51. The standard InChI is InChI=1S/C17H18ClN5O/c1-3-24-12(2)23-11-14(10-20-23)13-4-6-15(7-5-13)21-16-8-9-19-17(18)22-16/h4-12H,3H2,1-2H3,(H,19,21,22). The van der Waals surface area contributed by atoms with Gasteiger partial charge in [-0.05, 0) is 49.2 Å². The first-order chi connectivity index (χ1) is 11.7. The zero-order chi connectivity index (χ0) is 16.9. The third kappa shape index (κ3) is 3.90. The number of hydrogen-bond acceptors (Lipinski definition) is 5. The summed E-state index contributed by atoms with van der Waals surface area (Å²) in [6, 6.07) is 9.78. The highest BCUT2D eigenvalue weighted by Crippen LogP contribution is 2.23. The Bertz CT molecular complexity index is 803. The van der Waals surface area contributed by atoms with Crippen LogP contribution < -0.4 is 5.32 Å². The molecule has 24 heavy (non-hydrogen) atoms. The first-order valence-corrected chi connectivity index (χ1v) is 8.05. The average Bonchev–Trinajstić information content (AvgIpc) is 3.06. The average molecular weight is 344 g/mol. The van der Waals surface area contributed by atoms with Gasteiger partial charge in [0.15, 0.2) is 0 Å². The molecule has 3 rings (SSSR count). The molecule has 124 valence electrons. The monoisotopic (exact) mass is 343 g/mol. The van der Waals surface area contributed by atoms with Gasteiger partial charge in [-0.25, -0.2) is 14.6 Å². The van der Waals surface area contributed by atoms with Gasteiger partial charge in [-0.3, -0.25) is 0 Å². The molecule has 0 fully saturated rings. The van der Waals surface area contributed by atoms with Crippen LogP contribution in [0.2, 0.25) is 5.28 Å². The van der Waals surface area contributed by atoms with E-state index < -0.39 is 0 Å². The van der Waals surface area contributed by atoms with Crippen molar-refractivity contribution in [2.24, 2.45) is 0 Å². The topological polar surface area (TPSA) is 64.9 Å². The molecule has 0 aliphatic carbocycles. The summed E-state index contributed by atoms with van der Waals surface area (Å²) >= 11 is 5.78. The summed E-state index contributed by atoms with van der Waals surface area (Å²) in [4.78, 5) is 7.96. The fraction of sp³-hybridized carbons (Fsp3) is 0.235. The fourth-order valence-corrected chi connectivity index (χ4v) is 2.45. The van der Waals surface area contributed by atoms with Gasteiger partial charge in [0.25, 0.3) is 0 Å². The van der Waals surface area contributed by atoms with Crippen molar-refractivity contribution in [1.29, 1.82) is 0 Å². The smallest absolute Gasteiger partial charge is 0.224 e. The van der Waals surface area contributed by atoms with Crippen LogP contribution in [0.15, 0.2) is 48.9 Å². The van der Waals surface area contributed by atoms with E-state index in [1.165, 1.54) is 0 Å². The first-order valence-electron chi connectivity index (χ1n) is 7.67. The summed E-state index contributed by atoms with van der Waals surface area (Å²) in [7, 11) is 0. The molecule has 0 bridgehead atoms. The lowest BCUT2D eigenvalue weighted by Crippen LogP contribution is -2.09. The van der Waals surface area contributed by atoms with E-state index in [4.69, 9.17) is 16.3 Å². The van der Waals surface area contributed by atoms with Crippen molar-refractivity contribution in [3.63, 3.8) is 0 Å². The Morgan fingerprint density at radius 3 is 2.71 bits per heavy atom. The Morgan fingerprint density at radius 1 is 1.21 bits per heavy atom. The van der Waals surface area contributed by atoms with Crippen LogP contribution in [-0.2, 0) is 4.74 Å². The minimum Gasteiger partial charge on any atom is -0.357 e. The van der Waals surface area contributed by atoms with Crippen molar-refractivity contribution in [2.45, 2.75) is 20.1 Å². The van der Waals surface area contributed by atoms with Crippen LogP contribution in [-0.4, -0.2) is 26.4 Å². The van der Waals surface area contributed by atoms with Gasteiger partial charge >= 0.3 is 0 Å². The molecule has 0 aliphatic heterocycles. The number of rotatable bonds is 6. The van der Waals surface area contributed by atoms with Gasteiger partial charge in [0, 0.05) is 30.3 Å². The number of hydrogen-bond donors (Lipinski definition) is 1. The molecule has 0 spiro atoms. The zero-order valence-electron chi connectivity index (χ0n) is 13.5. The van der Waals surface area contributed by atoms with Gasteiger partial charge in [0.2, 0.25) is 5.28 Å². The Hall–Kier alpha value is -2.44. The molecule has 0 amide bonds. The molecule has 1 aromatic carbocycles. The SMILES string of the molecule is CCOC(C)n1cc(-c2ccc(Nc3ccnc(Cl)n3)cc2)cn1. The molecule has 0 saturated heterocycles. The van der Waals surface area contributed by atoms with Crippen molar-refractivity contribution < 1.29 is 4.74 Å². The summed E-state index contributed by atoms with van der Waals surface area (Å²) < 4.78 is 7.35. The highest BCUT2D eigenvalue weighted by molar-refractivity contribution is 6.28. The molecule has 3 aromatic rings. The number of ether oxygens (including phenoxy) is 1. The molecule has 1 N–H and O–H groups in total. The highest BCUT2D eigenvalue weighted by Gasteiger charge is 2.07. The minimum absolute atomic E-state index is 0.0767. The van der Waals surface area contributed by atoms with E-state index in [2.05, 4.69) is 20.4 Å². The van der Waals surface area contributed by atoms with E-state index in [1.807, 2.05) is 55.2 Å². The van der Waals surface area contributed by atoms with Crippen molar-refractivity contribution in [3.05, 3.63) is 54.2 Å². The van der Waals surface area contributed by atoms with E-state index >= 15 is 0 Å². The number of nitrogens with one attached hydrogen (secondary N) is 1. The van der Waals surface area contributed by atoms with Gasteiger partial charge in [-0.1, -0.05) is 12.1 Å². The van der Waals surface area contributed by atoms with Crippen LogP contribution in [0.1, 0.15) is 20.1 Å². The van der Waals surface area contributed by atoms with Crippen molar-refractivity contribution in [1.82, 2.24) is 19.7 Å². The molecular weight excluding hydrogens is 326 g/mol. The second kappa shape index (κ2) is 7.42. The Balaban J connectivity index is 1.72. The van der Waals surface area contributed by atoms with Crippen molar-refractivity contribution in [2.75, 3.05) is 11.9 Å². The first kappa shape index (κ1) is 16.4. The maximum absolute atomic E-state index is 5.78. The summed E-state index contributed by atoms with van der Waals surface area (Å²) in [5.41, 5.74) is 3.04. The predicted molar refractivity (Wildman–Crippen MR) is 94.3 cm³/mol. The maximum atomic E-state index is 5.78. The third-order valence-corrected chi connectivity index (χ3v) is 3.68. The molecule has 2 heterocycles. The zero-order valence-corrected chi connectivity index (χ0v) is 14.2. The van der Waals surface area contributed by atoms with Crippen LogP contribution in [0.5, 0.6) is 0 Å². The number of aromatic nitrogens is 4. The quantitative estimate of drug-likeness (QED) is 0.676. The molecule has 1 unspecified atom stereocenters. The van der Waals surface area contributed by atoms with Crippen LogP contribution in [0.25, 0.3) is 11.1 Å². The molecule has 2 aromatic heterocycles. The molecule has 0 aliphatic rings. The van der Waals surface area contributed by atoms with Gasteiger partial charge in [-0.2, -0.15) is 5.10 Å². The normalized spacial score (nSPS) is 12.1. The van der Waals surface area contributed by atoms with Gasteiger partial charge < -0.3 is 10.1 Å². The maximum Gasteiger partial charge on any atom is 0.224 e. The second-order valence-electron chi connectivity index (χ2n) is 5.18. The minimum atomic E-state index is -0.0767. The number of benzene rings is 1. The molecule has 0 radical (unpaired) electrons. The lowest BCUT2D eigenvalue weighted by Gasteiger charge is -2.11. The Kier molecular flexibility index (Phi) is 5.08. The molecule has 7 heteroatoms. The molecule has 1 atom stereocenters.